The van der Waals surface area contributed by atoms with Crippen molar-refractivity contribution in [2.75, 3.05) is 7.05 Å². The van der Waals surface area contributed by atoms with Gasteiger partial charge in [-0.25, -0.2) is 14.2 Å². The molecule has 6 heteroatoms. The number of hydrazine groups is 1. The zero-order chi connectivity index (χ0) is 14.6. The molecule has 1 aromatic rings. The van der Waals surface area contributed by atoms with Crippen molar-refractivity contribution >= 4 is 12.0 Å². The van der Waals surface area contributed by atoms with Gasteiger partial charge >= 0.3 is 6.09 Å². The number of ether oxygens (including phenoxy) is 1. The maximum atomic E-state index is 13.0. The van der Waals surface area contributed by atoms with Gasteiger partial charge in [-0.1, -0.05) is 6.07 Å². The van der Waals surface area contributed by atoms with Crippen LogP contribution >= 0.6 is 0 Å². The van der Waals surface area contributed by atoms with Crippen LogP contribution in [-0.4, -0.2) is 29.7 Å². The van der Waals surface area contributed by atoms with Gasteiger partial charge in [0.1, 0.15) is 11.4 Å². The summed E-state index contributed by atoms with van der Waals surface area (Å²) in [6.07, 6.45) is -0.697. The van der Waals surface area contributed by atoms with E-state index in [4.69, 9.17) is 4.74 Å². The van der Waals surface area contributed by atoms with Crippen LogP contribution in [-0.2, 0) is 4.74 Å². The summed E-state index contributed by atoms with van der Waals surface area (Å²) in [6.45, 7) is 5.15. The number of amides is 2. The average molecular weight is 268 g/mol. The monoisotopic (exact) mass is 268 g/mol. The first kappa shape index (κ1) is 14.9. The Bertz CT molecular complexity index is 483. The molecule has 1 rings (SSSR count). The fourth-order valence-corrected chi connectivity index (χ4v) is 1.22. The summed E-state index contributed by atoms with van der Waals surface area (Å²) in [5, 5.41) is 0.915. The second kappa shape index (κ2) is 5.69. The normalized spacial score (nSPS) is 10.8. The van der Waals surface area contributed by atoms with Gasteiger partial charge in [-0.3, -0.25) is 10.2 Å². The molecule has 1 aromatic carbocycles. The molecular formula is C13H17FN2O3. The first-order valence-corrected chi connectivity index (χ1v) is 5.72. The zero-order valence-corrected chi connectivity index (χ0v) is 11.4. The van der Waals surface area contributed by atoms with E-state index in [1.165, 1.54) is 25.2 Å². The molecule has 0 bridgehead atoms. The lowest BCUT2D eigenvalue weighted by molar-refractivity contribution is 0.0195. The molecule has 0 heterocycles. The Kier molecular flexibility index (Phi) is 4.47. The smallest absolute Gasteiger partial charge is 0.428 e. The molecular weight excluding hydrogens is 251 g/mol. The van der Waals surface area contributed by atoms with E-state index in [2.05, 4.69) is 5.43 Å². The van der Waals surface area contributed by atoms with Gasteiger partial charge in [-0.15, -0.1) is 0 Å². The maximum absolute atomic E-state index is 13.0. The fourth-order valence-electron chi connectivity index (χ4n) is 1.22. The predicted molar refractivity (Wildman–Crippen MR) is 67.9 cm³/mol. The quantitative estimate of drug-likeness (QED) is 0.795. The van der Waals surface area contributed by atoms with Gasteiger partial charge in [-0.05, 0) is 39.0 Å². The van der Waals surface area contributed by atoms with Crippen LogP contribution in [0.3, 0.4) is 0 Å². The summed E-state index contributed by atoms with van der Waals surface area (Å²) in [6, 6.07) is 5.17. The van der Waals surface area contributed by atoms with Crippen LogP contribution in [0.5, 0.6) is 0 Å². The molecule has 0 aliphatic rings. The van der Waals surface area contributed by atoms with Crippen molar-refractivity contribution in [1.29, 1.82) is 0 Å². The highest BCUT2D eigenvalue weighted by Crippen LogP contribution is 2.09. The van der Waals surface area contributed by atoms with Gasteiger partial charge in [0, 0.05) is 12.6 Å². The first-order chi connectivity index (χ1) is 8.69. The van der Waals surface area contributed by atoms with Gasteiger partial charge in [0.2, 0.25) is 0 Å². The average Bonchev–Trinajstić information content (AvgIpc) is 2.26. The predicted octanol–water partition coefficient (Wildman–Crippen LogP) is 2.34. The molecule has 104 valence electrons. The van der Waals surface area contributed by atoms with E-state index >= 15 is 0 Å². The SMILES string of the molecule is CN(NC(=O)c1cccc(F)c1)C(=O)OC(C)(C)C. The summed E-state index contributed by atoms with van der Waals surface area (Å²) in [5.41, 5.74) is 1.76. The third kappa shape index (κ3) is 4.95. The molecule has 0 radical (unpaired) electrons. The highest BCUT2D eigenvalue weighted by Gasteiger charge is 2.21. The van der Waals surface area contributed by atoms with E-state index < -0.39 is 23.4 Å². The topological polar surface area (TPSA) is 58.6 Å². The second-order valence-corrected chi connectivity index (χ2v) is 4.99. The van der Waals surface area contributed by atoms with Crippen LogP contribution in [0.4, 0.5) is 9.18 Å². The number of hydrogen-bond acceptors (Lipinski definition) is 3. The summed E-state index contributed by atoms with van der Waals surface area (Å²) in [4.78, 5) is 23.4. The van der Waals surface area contributed by atoms with E-state index in [-0.39, 0.29) is 5.56 Å². The Labute approximate surface area is 111 Å². The maximum Gasteiger partial charge on any atom is 0.428 e. The van der Waals surface area contributed by atoms with Crippen LogP contribution in [0.2, 0.25) is 0 Å². The van der Waals surface area contributed by atoms with Gasteiger partial charge in [0.25, 0.3) is 5.91 Å². The number of rotatable bonds is 1. The van der Waals surface area contributed by atoms with Crippen molar-refractivity contribution in [3.05, 3.63) is 35.6 Å². The van der Waals surface area contributed by atoms with Crippen LogP contribution in [0, 0.1) is 5.82 Å². The minimum atomic E-state index is -0.697. The molecule has 5 nitrogen and oxygen atoms in total. The molecule has 0 fully saturated rings. The van der Waals surface area contributed by atoms with Crippen molar-refractivity contribution in [2.45, 2.75) is 26.4 Å². The van der Waals surface area contributed by atoms with Gasteiger partial charge in [0.15, 0.2) is 0 Å². The third-order valence-electron chi connectivity index (χ3n) is 2.02. The number of carbonyl (C=O) groups is 2. The Morgan fingerprint density at radius 3 is 2.47 bits per heavy atom. The molecule has 0 aliphatic heterocycles. The first-order valence-electron chi connectivity index (χ1n) is 5.72. The Morgan fingerprint density at radius 2 is 1.95 bits per heavy atom. The molecule has 0 spiro atoms. The van der Waals surface area contributed by atoms with Crippen molar-refractivity contribution in [1.82, 2.24) is 10.4 Å². The molecule has 1 N–H and O–H groups in total. The third-order valence-corrected chi connectivity index (χ3v) is 2.02. The lowest BCUT2D eigenvalue weighted by Gasteiger charge is -2.24. The van der Waals surface area contributed by atoms with Crippen LogP contribution < -0.4 is 5.43 Å². The number of nitrogens with one attached hydrogen (secondary N) is 1. The Morgan fingerprint density at radius 1 is 1.32 bits per heavy atom. The van der Waals surface area contributed by atoms with Gasteiger partial charge in [-0.2, -0.15) is 0 Å². The largest absolute Gasteiger partial charge is 0.442 e. The van der Waals surface area contributed by atoms with E-state index in [9.17, 15) is 14.0 Å². The fraction of sp³-hybridized carbons (Fsp3) is 0.385. The molecule has 19 heavy (non-hydrogen) atoms. The summed E-state index contributed by atoms with van der Waals surface area (Å²) in [7, 11) is 1.35. The Balaban J connectivity index is 2.64. The summed E-state index contributed by atoms with van der Waals surface area (Å²) in [5.74, 6) is -1.11. The standard InChI is InChI=1S/C13H17FN2O3/c1-13(2,3)19-12(18)16(4)15-11(17)9-6-5-7-10(14)8-9/h5-8H,1-4H3,(H,15,17). The van der Waals surface area contributed by atoms with Gasteiger partial charge in [0.05, 0.1) is 0 Å². The van der Waals surface area contributed by atoms with Crippen molar-refractivity contribution in [3.8, 4) is 0 Å². The minimum Gasteiger partial charge on any atom is -0.442 e. The highest BCUT2D eigenvalue weighted by molar-refractivity contribution is 5.94. The molecule has 0 unspecified atom stereocenters. The van der Waals surface area contributed by atoms with Crippen LogP contribution in [0.1, 0.15) is 31.1 Å². The number of hydrogen-bond donors (Lipinski definition) is 1. The highest BCUT2D eigenvalue weighted by atomic mass is 19.1. The molecule has 2 amide bonds. The lowest BCUT2D eigenvalue weighted by atomic mass is 10.2. The number of benzene rings is 1. The van der Waals surface area contributed by atoms with Crippen molar-refractivity contribution < 1.29 is 18.7 Å². The van der Waals surface area contributed by atoms with Crippen molar-refractivity contribution in [2.24, 2.45) is 0 Å². The number of halogens is 1. The summed E-state index contributed by atoms with van der Waals surface area (Å²) >= 11 is 0. The molecule has 0 saturated heterocycles. The number of carbonyl (C=O) groups excluding carboxylic acids is 2. The van der Waals surface area contributed by atoms with E-state index in [1.807, 2.05) is 0 Å². The molecule has 0 aromatic heterocycles. The Hall–Kier alpha value is -2.11. The van der Waals surface area contributed by atoms with E-state index in [0.29, 0.717) is 0 Å². The molecule has 0 saturated carbocycles. The van der Waals surface area contributed by atoms with Crippen LogP contribution in [0.25, 0.3) is 0 Å². The minimum absolute atomic E-state index is 0.121. The van der Waals surface area contributed by atoms with Gasteiger partial charge < -0.3 is 4.74 Å². The molecule has 0 aliphatic carbocycles. The number of nitrogens with zero attached hydrogens (tertiary/aromatic N) is 1. The summed E-state index contributed by atoms with van der Waals surface area (Å²) < 4.78 is 18.0. The van der Waals surface area contributed by atoms with E-state index in [0.717, 1.165) is 11.1 Å². The van der Waals surface area contributed by atoms with E-state index in [1.54, 1.807) is 20.8 Å². The molecule has 0 atom stereocenters. The van der Waals surface area contributed by atoms with Crippen molar-refractivity contribution in [3.63, 3.8) is 0 Å². The zero-order valence-electron chi connectivity index (χ0n) is 11.4. The lowest BCUT2D eigenvalue weighted by Crippen LogP contribution is -2.45. The second-order valence-electron chi connectivity index (χ2n) is 4.99. The van der Waals surface area contributed by atoms with Crippen LogP contribution in [0.15, 0.2) is 24.3 Å².